The SMILES string of the molecule is C=CC(=O)N1CC[C@@H](c2nc(-c3ccc(C(=O)Nc4cc(C(C)(F)F)ccn4)cc3F)c3cncc(OCC)n23)C1. The van der Waals surface area contributed by atoms with Crippen LogP contribution in [0.4, 0.5) is 19.0 Å². The Bertz CT molecular complexity index is 1650. The molecule has 4 aromatic rings. The van der Waals surface area contributed by atoms with Crippen molar-refractivity contribution < 1.29 is 27.5 Å². The van der Waals surface area contributed by atoms with E-state index in [1.54, 1.807) is 21.7 Å². The zero-order valence-corrected chi connectivity index (χ0v) is 22.4. The summed E-state index contributed by atoms with van der Waals surface area (Å²) in [5.74, 6) is -3.93. The lowest BCUT2D eigenvalue weighted by molar-refractivity contribution is -0.125. The van der Waals surface area contributed by atoms with Crippen LogP contribution in [0.15, 0.2) is 61.6 Å². The molecule has 0 spiro atoms. The highest BCUT2D eigenvalue weighted by molar-refractivity contribution is 6.04. The van der Waals surface area contributed by atoms with Crippen LogP contribution in [0.25, 0.3) is 16.8 Å². The summed E-state index contributed by atoms with van der Waals surface area (Å²) in [4.78, 5) is 39.6. The second kappa shape index (κ2) is 11.0. The number of rotatable bonds is 8. The number of nitrogens with one attached hydrogen (secondary N) is 1. The molecule has 5 rings (SSSR count). The van der Waals surface area contributed by atoms with E-state index in [1.807, 2.05) is 6.92 Å². The number of carbonyl (C=O) groups is 2. The molecular formula is C29H27F3N6O3. The number of fused-ring (bicyclic) bond motifs is 1. The first-order valence-corrected chi connectivity index (χ1v) is 13.0. The van der Waals surface area contributed by atoms with Gasteiger partial charge in [-0.25, -0.2) is 23.1 Å². The van der Waals surface area contributed by atoms with Crippen LogP contribution in [0, 0.1) is 5.82 Å². The number of benzene rings is 1. The van der Waals surface area contributed by atoms with Crippen molar-refractivity contribution >= 4 is 23.1 Å². The minimum atomic E-state index is -3.11. The minimum absolute atomic E-state index is 0.0343. The standard InChI is InChI=1S/C29H27F3N6O3/c1-4-24(39)37-11-9-18(16-37)27-36-26(22-14-33-15-25(38(22)27)41-5-2)20-7-6-17(12-21(20)30)28(40)35-23-13-19(8-10-34-23)29(3,31)32/h4,6-8,10,12-15,18H,1,5,9,11,16H2,2-3H3,(H,34,35,40)/t18-/m1/s1. The third kappa shape index (κ3) is 5.49. The van der Waals surface area contributed by atoms with Crippen molar-refractivity contribution in [1.29, 1.82) is 0 Å². The second-order valence-corrected chi connectivity index (χ2v) is 9.66. The van der Waals surface area contributed by atoms with Gasteiger partial charge in [-0.15, -0.1) is 0 Å². The Hall–Kier alpha value is -4.74. The molecule has 212 valence electrons. The Morgan fingerprint density at radius 3 is 2.76 bits per heavy atom. The quantitative estimate of drug-likeness (QED) is 0.296. The number of likely N-dealkylation sites (tertiary alicyclic amines) is 1. The first kappa shape index (κ1) is 27.8. The summed E-state index contributed by atoms with van der Waals surface area (Å²) in [6.45, 7) is 7.44. The van der Waals surface area contributed by atoms with E-state index in [1.165, 1.54) is 18.2 Å². The van der Waals surface area contributed by atoms with E-state index in [4.69, 9.17) is 9.72 Å². The molecule has 9 nitrogen and oxygen atoms in total. The summed E-state index contributed by atoms with van der Waals surface area (Å²) in [6.07, 6.45) is 6.18. The zero-order valence-electron chi connectivity index (χ0n) is 22.4. The highest BCUT2D eigenvalue weighted by Gasteiger charge is 2.32. The van der Waals surface area contributed by atoms with Crippen LogP contribution >= 0.6 is 0 Å². The number of imidazole rings is 1. The van der Waals surface area contributed by atoms with Gasteiger partial charge >= 0.3 is 0 Å². The summed E-state index contributed by atoms with van der Waals surface area (Å²) >= 11 is 0. The van der Waals surface area contributed by atoms with Gasteiger partial charge in [0.05, 0.1) is 24.5 Å². The van der Waals surface area contributed by atoms with Crippen LogP contribution in [0.1, 0.15) is 47.9 Å². The number of carbonyl (C=O) groups excluding carboxylic acids is 2. The van der Waals surface area contributed by atoms with Crippen LogP contribution in [-0.4, -0.2) is 55.8 Å². The topological polar surface area (TPSA) is 102 Å². The lowest BCUT2D eigenvalue weighted by Gasteiger charge is -2.14. The molecule has 0 radical (unpaired) electrons. The minimum Gasteiger partial charge on any atom is -0.478 e. The van der Waals surface area contributed by atoms with Crippen molar-refractivity contribution in [2.45, 2.75) is 32.1 Å². The highest BCUT2D eigenvalue weighted by atomic mass is 19.3. The molecule has 1 N–H and O–H groups in total. The van der Waals surface area contributed by atoms with Crippen LogP contribution in [0.5, 0.6) is 5.88 Å². The Labute approximate surface area is 233 Å². The van der Waals surface area contributed by atoms with E-state index < -0.39 is 17.6 Å². The van der Waals surface area contributed by atoms with E-state index in [-0.39, 0.29) is 34.3 Å². The maximum Gasteiger partial charge on any atom is 0.270 e. The number of halogens is 3. The fourth-order valence-corrected chi connectivity index (χ4v) is 4.86. The highest BCUT2D eigenvalue weighted by Crippen LogP contribution is 2.36. The first-order chi connectivity index (χ1) is 19.6. The second-order valence-electron chi connectivity index (χ2n) is 9.66. The van der Waals surface area contributed by atoms with Gasteiger partial charge in [-0.05, 0) is 49.8 Å². The van der Waals surface area contributed by atoms with Crippen LogP contribution in [0.2, 0.25) is 0 Å². The molecule has 1 atom stereocenters. The molecule has 4 heterocycles. The summed E-state index contributed by atoms with van der Waals surface area (Å²) in [5.41, 5.74) is 0.575. The van der Waals surface area contributed by atoms with Crippen molar-refractivity contribution in [3.8, 4) is 17.1 Å². The number of pyridine rings is 1. The van der Waals surface area contributed by atoms with Gasteiger partial charge in [-0.1, -0.05) is 6.58 Å². The molecule has 41 heavy (non-hydrogen) atoms. The third-order valence-electron chi connectivity index (χ3n) is 6.87. The number of alkyl halides is 2. The van der Waals surface area contributed by atoms with Gasteiger partial charge in [0, 0.05) is 48.8 Å². The Balaban J connectivity index is 1.49. The van der Waals surface area contributed by atoms with Gasteiger partial charge in [-0.3, -0.25) is 19.0 Å². The van der Waals surface area contributed by atoms with Crippen LogP contribution < -0.4 is 10.1 Å². The lowest BCUT2D eigenvalue weighted by atomic mass is 10.1. The van der Waals surface area contributed by atoms with E-state index >= 15 is 4.39 Å². The summed E-state index contributed by atoms with van der Waals surface area (Å²) in [5, 5.41) is 2.43. The molecule has 1 aliphatic rings. The predicted octanol–water partition coefficient (Wildman–Crippen LogP) is 5.20. The monoisotopic (exact) mass is 564 g/mol. The van der Waals surface area contributed by atoms with Crippen molar-refractivity contribution in [3.05, 3.63) is 84.3 Å². The summed E-state index contributed by atoms with van der Waals surface area (Å²) < 4.78 is 50.5. The van der Waals surface area contributed by atoms with E-state index in [9.17, 15) is 18.4 Å². The average molecular weight is 565 g/mol. The van der Waals surface area contributed by atoms with Gasteiger partial charge in [-0.2, -0.15) is 0 Å². The Kier molecular flexibility index (Phi) is 7.48. The van der Waals surface area contributed by atoms with Gasteiger partial charge in [0.25, 0.3) is 11.8 Å². The molecule has 1 aromatic carbocycles. The van der Waals surface area contributed by atoms with E-state index in [0.29, 0.717) is 49.0 Å². The first-order valence-electron chi connectivity index (χ1n) is 13.0. The van der Waals surface area contributed by atoms with Crippen LogP contribution in [-0.2, 0) is 10.7 Å². The number of aromatic nitrogens is 4. The molecule has 2 amide bonds. The smallest absolute Gasteiger partial charge is 0.270 e. The molecule has 1 saturated heterocycles. The van der Waals surface area contributed by atoms with Gasteiger partial charge in [0.1, 0.15) is 23.2 Å². The van der Waals surface area contributed by atoms with Crippen molar-refractivity contribution in [2.24, 2.45) is 0 Å². The molecule has 1 aliphatic heterocycles. The summed E-state index contributed by atoms with van der Waals surface area (Å²) in [6, 6.07) is 6.11. The molecule has 0 aliphatic carbocycles. The van der Waals surface area contributed by atoms with E-state index in [2.05, 4.69) is 21.9 Å². The third-order valence-corrected chi connectivity index (χ3v) is 6.87. The summed E-state index contributed by atoms with van der Waals surface area (Å²) in [7, 11) is 0. The van der Waals surface area contributed by atoms with Gasteiger partial charge in [0.15, 0.2) is 0 Å². The largest absolute Gasteiger partial charge is 0.478 e. The maximum atomic E-state index is 15.6. The van der Waals surface area contributed by atoms with Crippen molar-refractivity contribution in [3.63, 3.8) is 0 Å². The number of nitrogens with zero attached hydrogens (tertiary/aromatic N) is 5. The molecular weight excluding hydrogens is 537 g/mol. The molecule has 0 saturated carbocycles. The normalized spacial score (nSPS) is 15.2. The Morgan fingerprint density at radius 2 is 2.05 bits per heavy atom. The number of hydrogen-bond donors (Lipinski definition) is 1. The fraction of sp³-hybridized carbons (Fsp3) is 0.276. The van der Waals surface area contributed by atoms with Gasteiger partial charge in [0.2, 0.25) is 11.8 Å². The van der Waals surface area contributed by atoms with E-state index in [0.717, 1.165) is 31.3 Å². The molecule has 1 fully saturated rings. The molecule has 0 bridgehead atoms. The molecule has 0 unspecified atom stereocenters. The molecule has 3 aromatic heterocycles. The Morgan fingerprint density at radius 1 is 1.24 bits per heavy atom. The van der Waals surface area contributed by atoms with Crippen LogP contribution in [0.3, 0.4) is 0 Å². The number of ether oxygens (including phenoxy) is 1. The average Bonchev–Trinajstić information content (AvgIpc) is 3.58. The molecule has 12 heteroatoms. The fourth-order valence-electron chi connectivity index (χ4n) is 4.86. The number of amides is 2. The number of anilines is 1. The van der Waals surface area contributed by atoms with Gasteiger partial charge < -0.3 is 15.0 Å². The van der Waals surface area contributed by atoms with Crippen molar-refractivity contribution in [1.82, 2.24) is 24.3 Å². The number of hydrogen-bond acceptors (Lipinski definition) is 6. The maximum absolute atomic E-state index is 15.6. The lowest BCUT2D eigenvalue weighted by Crippen LogP contribution is -2.26. The predicted molar refractivity (Wildman–Crippen MR) is 145 cm³/mol. The van der Waals surface area contributed by atoms with Crippen molar-refractivity contribution in [2.75, 3.05) is 25.0 Å². The zero-order chi connectivity index (χ0) is 29.3.